The van der Waals surface area contributed by atoms with Crippen LogP contribution in [0.25, 0.3) is 27.6 Å². The van der Waals surface area contributed by atoms with Crippen molar-refractivity contribution in [2.75, 3.05) is 9.80 Å². The van der Waals surface area contributed by atoms with Crippen molar-refractivity contribution in [3.05, 3.63) is 139 Å². The number of benzene rings is 4. The largest absolute Gasteiger partial charge is 0.509 e. The molecule has 0 unspecified atom stereocenters. The van der Waals surface area contributed by atoms with Gasteiger partial charge in [0.2, 0.25) is 0 Å². The van der Waals surface area contributed by atoms with Gasteiger partial charge in [0.25, 0.3) is 0 Å². The van der Waals surface area contributed by atoms with Crippen LogP contribution in [0, 0.1) is 24.2 Å². The van der Waals surface area contributed by atoms with Gasteiger partial charge in [-0.2, -0.15) is 6.07 Å². The quantitative estimate of drug-likeness (QED) is 0.161. The minimum atomic E-state index is -0.135. The Balaban J connectivity index is 0.00000497. The number of fused-ring (bicyclic) bond motifs is 3. The molecule has 1 aliphatic rings. The molecule has 4 aromatic carbocycles. The fourth-order valence-corrected chi connectivity index (χ4v) is 6.88. The van der Waals surface area contributed by atoms with E-state index in [-0.39, 0.29) is 42.7 Å². The zero-order chi connectivity index (χ0) is 38.1. The average molecular weight is 897 g/mol. The van der Waals surface area contributed by atoms with Crippen molar-refractivity contribution >= 4 is 33.2 Å². The SMILES string of the molecule is CC(C)(C)C1=CN(c2cccc(C(C)(C)C)c2)[CH-]N1c1[c-]c(Oc2[c-]c3c(cc2)c2ccccc2n3-c2cc(C(C)(C)C)ccn2)cc(C(C)(C)C)c1.[Pt]. The Morgan fingerprint density at radius 3 is 1.98 bits per heavy atom. The van der Waals surface area contributed by atoms with Gasteiger partial charge in [0.1, 0.15) is 5.82 Å². The second kappa shape index (κ2) is 14.1. The molecule has 7 rings (SSSR count). The molecule has 0 spiro atoms. The molecule has 0 bridgehead atoms. The molecular weight excluding hydrogens is 844 g/mol. The summed E-state index contributed by atoms with van der Waals surface area (Å²) >= 11 is 0. The summed E-state index contributed by atoms with van der Waals surface area (Å²) in [4.78, 5) is 9.35. The number of hydrogen-bond donors (Lipinski definition) is 0. The van der Waals surface area contributed by atoms with Crippen molar-refractivity contribution < 1.29 is 25.8 Å². The first-order chi connectivity index (χ1) is 24.8. The molecule has 0 saturated carbocycles. The summed E-state index contributed by atoms with van der Waals surface area (Å²) in [6.45, 7) is 29.1. The van der Waals surface area contributed by atoms with Crippen molar-refractivity contribution in [3.63, 3.8) is 0 Å². The van der Waals surface area contributed by atoms with E-state index >= 15 is 0 Å². The number of allylic oxidation sites excluding steroid dienone is 1. The zero-order valence-corrected chi connectivity index (χ0v) is 36.1. The number of para-hydroxylation sites is 1. The zero-order valence-electron chi connectivity index (χ0n) is 33.8. The summed E-state index contributed by atoms with van der Waals surface area (Å²) in [5, 5.41) is 2.26. The monoisotopic (exact) mass is 896 g/mol. The first-order valence-electron chi connectivity index (χ1n) is 18.7. The maximum absolute atomic E-state index is 6.75. The topological polar surface area (TPSA) is 33.5 Å². The molecule has 0 N–H and O–H groups in total. The number of rotatable bonds is 5. The van der Waals surface area contributed by atoms with Gasteiger partial charge < -0.3 is 19.1 Å². The van der Waals surface area contributed by atoms with E-state index in [1.807, 2.05) is 12.3 Å². The molecule has 5 nitrogen and oxygen atoms in total. The molecule has 284 valence electrons. The first kappa shape index (κ1) is 39.4. The van der Waals surface area contributed by atoms with Crippen molar-refractivity contribution in [3.8, 4) is 17.3 Å². The van der Waals surface area contributed by atoms with Crippen LogP contribution in [0.15, 0.2) is 103 Å². The Hall–Kier alpha value is -4.34. The van der Waals surface area contributed by atoms with E-state index in [0.29, 0.717) is 11.5 Å². The predicted molar refractivity (Wildman–Crippen MR) is 222 cm³/mol. The Bertz CT molecular complexity index is 2360. The van der Waals surface area contributed by atoms with E-state index in [4.69, 9.17) is 9.72 Å². The normalized spacial score (nSPS) is 14.1. The third-order valence-electron chi connectivity index (χ3n) is 10.1. The van der Waals surface area contributed by atoms with Crippen LogP contribution >= 0.6 is 0 Å². The number of aromatic nitrogens is 2. The summed E-state index contributed by atoms with van der Waals surface area (Å²) in [6, 6.07) is 37.4. The summed E-state index contributed by atoms with van der Waals surface area (Å²) in [7, 11) is 0. The van der Waals surface area contributed by atoms with E-state index < -0.39 is 0 Å². The Morgan fingerprint density at radius 1 is 0.611 bits per heavy atom. The van der Waals surface area contributed by atoms with Crippen LogP contribution in [0.4, 0.5) is 11.4 Å². The first-order valence-corrected chi connectivity index (χ1v) is 18.7. The van der Waals surface area contributed by atoms with Crippen LogP contribution in [0.3, 0.4) is 0 Å². The molecule has 0 amide bonds. The van der Waals surface area contributed by atoms with Gasteiger partial charge in [-0.3, -0.25) is 0 Å². The Kier molecular flexibility index (Phi) is 10.2. The van der Waals surface area contributed by atoms with E-state index in [2.05, 4.69) is 201 Å². The fourth-order valence-electron chi connectivity index (χ4n) is 6.88. The molecule has 0 aliphatic carbocycles. The Morgan fingerprint density at radius 2 is 1.30 bits per heavy atom. The van der Waals surface area contributed by atoms with Crippen LogP contribution in [0.5, 0.6) is 11.5 Å². The summed E-state index contributed by atoms with van der Waals surface area (Å²) in [5.41, 5.74) is 8.71. The number of ether oxygens (including phenoxy) is 1. The molecule has 3 heterocycles. The van der Waals surface area contributed by atoms with Gasteiger partial charge in [0, 0.05) is 61.1 Å². The van der Waals surface area contributed by atoms with Crippen LogP contribution in [0.2, 0.25) is 0 Å². The molecule has 1 aliphatic heterocycles. The maximum atomic E-state index is 6.75. The van der Waals surface area contributed by atoms with Crippen LogP contribution in [-0.2, 0) is 37.3 Å². The van der Waals surface area contributed by atoms with Gasteiger partial charge >= 0.3 is 0 Å². The summed E-state index contributed by atoms with van der Waals surface area (Å²) in [6.07, 6.45) is 4.16. The second-order valence-electron chi connectivity index (χ2n) is 18.5. The van der Waals surface area contributed by atoms with Gasteiger partial charge in [-0.05, 0) is 69.3 Å². The predicted octanol–water partition coefficient (Wildman–Crippen LogP) is 12.8. The second-order valence-corrected chi connectivity index (χ2v) is 18.5. The molecule has 0 atom stereocenters. The minimum absolute atomic E-state index is 0. The fraction of sp³-hybridized carbons (Fsp3) is 0.333. The molecule has 54 heavy (non-hydrogen) atoms. The van der Waals surface area contributed by atoms with Gasteiger partial charge in [-0.25, -0.2) is 4.98 Å². The Labute approximate surface area is 337 Å². The van der Waals surface area contributed by atoms with Crippen LogP contribution in [-0.4, -0.2) is 9.55 Å². The van der Waals surface area contributed by atoms with E-state index in [0.717, 1.165) is 44.6 Å². The summed E-state index contributed by atoms with van der Waals surface area (Å²) < 4.78 is 8.96. The van der Waals surface area contributed by atoms with Crippen molar-refractivity contribution in [2.24, 2.45) is 5.41 Å². The third-order valence-corrected chi connectivity index (χ3v) is 10.1. The molecule has 6 heteroatoms. The van der Waals surface area contributed by atoms with E-state index in [9.17, 15) is 0 Å². The van der Waals surface area contributed by atoms with E-state index in [1.54, 1.807) is 0 Å². The van der Waals surface area contributed by atoms with Gasteiger partial charge in [-0.15, -0.1) is 53.6 Å². The van der Waals surface area contributed by atoms with Crippen molar-refractivity contribution in [2.45, 2.75) is 99.3 Å². The van der Waals surface area contributed by atoms with Gasteiger partial charge in [-0.1, -0.05) is 119 Å². The molecule has 0 fully saturated rings. The van der Waals surface area contributed by atoms with Crippen molar-refractivity contribution in [1.82, 2.24) is 9.55 Å². The van der Waals surface area contributed by atoms with Crippen LogP contribution < -0.4 is 14.5 Å². The van der Waals surface area contributed by atoms with Gasteiger partial charge in [0.05, 0.1) is 0 Å². The number of pyridine rings is 1. The maximum Gasteiger partial charge on any atom is 0.135 e. The summed E-state index contributed by atoms with van der Waals surface area (Å²) in [5.74, 6) is 2.14. The number of anilines is 2. The smallest absolute Gasteiger partial charge is 0.135 e. The number of nitrogens with zero attached hydrogens (tertiary/aromatic N) is 4. The molecule has 6 aromatic rings. The molecular formula is C48H53N4OPt-3. The number of hydrogen-bond acceptors (Lipinski definition) is 4. The van der Waals surface area contributed by atoms with Crippen molar-refractivity contribution in [1.29, 1.82) is 0 Å². The molecule has 0 radical (unpaired) electrons. The molecule has 2 aromatic heterocycles. The standard InChI is InChI=1S/C48H53N4O.Pt/c1-45(2,3)32-16-15-17-35(24-32)50-30-43(48(10,11)12)51(31-50)36-25-34(47(7,8)9)26-38(28-36)53-37-20-21-40-39-18-13-14-19-41(39)52(42(40)29-37)44-27-33(22-23-49-44)46(4,5)6;/h13-27,30-31H,1-12H3;/q-3;. The van der Waals surface area contributed by atoms with Crippen LogP contribution in [0.1, 0.15) is 99.8 Å². The van der Waals surface area contributed by atoms with E-state index in [1.165, 1.54) is 16.8 Å². The van der Waals surface area contributed by atoms with Gasteiger partial charge in [0.15, 0.2) is 0 Å². The minimum Gasteiger partial charge on any atom is -0.509 e. The molecule has 0 saturated heterocycles. The average Bonchev–Trinajstić information content (AvgIpc) is 3.68. The third kappa shape index (κ3) is 7.76.